The standard InChI is InChI=1S/C5H8N3/c1-4-6-7-5(2)8(4)3/h1H2,2-3H3. The maximum atomic E-state index is 3.77. The zero-order valence-corrected chi connectivity index (χ0v) is 5.05. The van der Waals surface area contributed by atoms with Crippen LogP contribution in [0.4, 0.5) is 0 Å². The lowest BCUT2D eigenvalue weighted by atomic mass is 10.6. The van der Waals surface area contributed by atoms with Gasteiger partial charge < -0.3 is 4.57 Å². The van der Waals surface area contributed by atoms with Gasteiger partial charge in [0, 0.05) is 14.0 Å². The van der Waals surface area contributed by atoms with Crippen LogP contribution >= 0.6 is 0 Å². The monoisotopic (exact) mass is 110 g/mol. The largest absolute Gasteiger partial charge is 0.318 e. The van der Waals surface area contributed by atoms with Crippen molar-refractivity contribution in [3.05, 3.63) is 18.6 Å². The summed E-state index contributed by atoms with van der Waals surface area (Å²) in [5.41, 5.74) is 0. The third-order valence-corrected chi connectivity index (χ3v) is 1.18. The van der Waals surface area contributed by atoms with Gasteiger partial charge in [0.1, 0.15) is 11.6 Å². The highest BCUT2D eigenvalue weighted by Gasteiger charge is 1.95. The molecule has 1 heterocycles. The Kier molecular flexibility index (Phi) is 1.04. The van der Waals surface area contributed by atoms with Crippen molar-refractivity contribution in [2.24, 2.45) is 7.05 Å². The lowest BCUT2D eigenvalue weighted by Crippen LogP contribution is -1.92. The molecule has 0 saturated heterocycles. The summed E-state index contributed by atoms with van der Waals surface area (Å²) in [5.74, 6) is 1.61. The number of aromatic nitrogens is 3. The molecule has 0 atom stereocenters. The topological polar surface area (TPSA) is 30.7 Å². The number of hydrogen-bond acceptors (Lipinski definition) is 2. The first-order chi connectivity index (χ1) is 3.72. The predicted octanol–water partition coefficient (Wildman–Crippen LogP) is 0.306. The second-order valence-corrected chi connectivity index (χ2v) is 1.72. The molecule has 1 aromatic rings. The molecule has 3 nitrogen and oxygen atoms in total. The van der Waals surface area contributed by atoms with Gasteiger partial charge in [-0.05, 0) is 6.92 Å². The van der Waals surface area contributed by atoms with E-state index in [9.17, 15) is 0 Å². The van der Waals surface area contributed by atoms with Crippen LogP contribution in [0.1, 0.15) is 11.6 Å². The van der Waals surface area contributed by atoms with Crippen LogP contribution in [-0.2, 0) is 7.05 Å². The molecule has 0 spiro atoms. The maximum Gasteiger partial charge on any atom is 0.133 e. The molecule has 0 amide bonds. The van der Waals surface area contributed by atoms with Crippen molar-refractivity contribution in [1.29, 1.82) is 0 Å². The van der Waals surface area contributed by atoms with Gasteiger partial charge in [0.2, 0.25) is 0 Å². The first-order valence-corrected chi connectivity index (χ1v) is 2.40. The molecule has 0 bridgehead atoms. The summed E-state index contributed by atoms with van der Waals surface area (Å²) < 4.78 is 1.83. The molecule has 8 heavy (non-hydrogen) atoms. The Labute approximate surface area is 48.4 Å². The number of aryl methyl sites for hydroxylation is 1. The van der Waals surface area contributed by atoms with Gasteiger partial charge in [-0.3, -0.25) is 0 Å². The SMILES string of the molecule is [CH2]c1nnc(C)n1C. The molecule has 1 radical (unpaired) electrons. The average Bonchev–Trinajstić information content (AvgIpc) is 1.98. The molecule has 0 unspecified atom stereocenters. The molecule has 0 aliphatic rings. The van der Waals surface area contributed by atoms with E-state index in [1.165, 1.54) is 0 Å². The zero-order chi connectivity index (χ0) is 6.15. The fourth-order valence-corrected chi connectivity index (χ4v) is 0.451. The predicted molar refractivity (Wildman–Crippen MR) is 30.2 cm³/mol. The van der Waals surface area contributed by atoms with E-state index in [1.54, 1.807) is 0 Å². The van der Waals surface area contributed by atoms with Crippen LogP contribution in [0.3, 0.4) is 0 Å². The molecule has 0 aromatic carbocycles. The third-order valence-electron chi connectivity index (χ3n) is 1.18. The number of nitrogens with zero attached hydrogens (tertiary/aromatic N) is 3. The van der Waals surface area contributed by atoms with Gasteiger partial charge in [-0.1, -0.05) is 0 Å². The molecular weight excluding hydrogens is 102 g/mol. The van der Waals surface area contributed by atoms with E-state index < -0.39 is 0 Å². The quantitative estimate of drug-likeness (QED) is 0.481. The molecule has 43 valence electrons. The number of rotatable bonds is 0. The number of hydrogen-bond donors (Lipinski definition) is 0. The lowest BCUT2D eigenvalue weighted by molar-refractivity contribution is 0.841. The van der Waals surface area contributed by atoms with Crippen molar-refractivity contribution in [1.82, 2.24) is 14.8 Å². The van der Waals surface area contributed by atoms with Gasteiger partial charge in [-0.2, -0.15) is 0 Å². The molecule has 0 saturated carbocycles. The van der Waals surface area contributed by atoms with Gasteiger partial charge in [-0.25, -0.2) is 0 Å². The van der Waals surface area contributed by atoms with Gasteiger partial charge in [0.05, 0.1) is 0 Å². The smallest absolute Gasteiger partial charge is 0.133 e. The zero-order valence-electron chi connectivity index (χ0n) is 5.05. The normalized spacial score (nSPS) is 9.88. The van der Waals surface area contributed by atoms with E-state index in [4.69, 9.17) is 0 Å². The fourth-order valence-electron chi connectivity index (χ4n) is 0.451. The molecule has 0 aliphatic carbocycles. The fraction of sp³-hybridized carbons (Fsp3) is 0.400. The van der Waals surface area contributed by atoms with Gasteiger partial charge in [0.25, 0.3) is 0 Å². The Morgan fingerprint density at radius 2 is 2.12 bits per heavy atom. The Bertz CT molecular complexity index is 170. The van der Waals surface area contributed by atoms with Gasteiger partial charge >= 0.3 is 0 Å². The minimum atomic E-state index is 0.711. The van der Waals surface area contributed by atoms with Crippen LogP contribution in [0, 0.1) is 13.8 Å². The van der Waals surface area contributed by atoms with E-state index in [1.807, 2.05) is 18.5 Å². The second kappa shape index (κ2) is 1.58. The van der Waals surface area contributed by atoms with E-state index in [0.717, 1.165) is 5.82 Å². The summed E-state index contributed by atoms with van der Waals surface area (Å²) in [5, 5.41) is 7.48. The average molecular weight is 110 g/mol. The van der Waals surface area contributed by atoms with E-state index in [0.29, 0.717) is 5.82 Å². The third kappa shape index (κ3) is 0.598. The highest BCUT2D eigenvalue weighted by molar-refractivity contribution is 4.94. The summed E-state index contributed by atoms with van der Waals surface area (Å²) in [4.78, 5) is 0. The maximum absolute atomic E-state index is 3.77. The van der Waals surface area contributed by atoms with Crippen LogP contribution in [-0.4, -0.2) is 14.8 Å². The Morgan fingerprint density at radius 3 is 2.25 bits per heavy atom. The summed E-state index contributed by atoms with van der Waals surface area (Å²) in [6.45, 7) is 5.52. The molecular formula is C5H8N3. The van der Waals surface area contributed by atoms with Crippen LogP contribution in [0.5, 0.6) is 0 Å². The van der Waals surface area contributed by atoms with E-state index in [-0.39, 0.29) is 0 Å². The Hall–Kier alpha value is -0.860. The van der Waals surface area contributed by atoms with E-state index in [2.05, 4.69) is 17.1 Å². The minimum absolute atomic E-state index is 0.711. The Morgan fingerprint density at radius 1 is 1.50 bits per heavy atom. The molecule has 0 N–H and O–H groups in total. The summed E-state index contributed by atoms with van der Waals surface area (Å²) >= 11 is 0. The van der Waals surface area contributed by atoms with Crippen LogP contribution in [0.2, 0.25) is 0 Å². The molecule has 1 rings (SSSR count). The summed E-state index contributed by atoms with van der Waals surface area (Å²) in [6, 6.07) is 0. The van der Waals surface area contributed by atoms with Gasteiger partial charge in [-0.15, -0.1) is 10.2 Å². The van der Waals surface area contributed by atoms with E-state index >= 15 is 0 Å². The van der Waals surface area contributed by atoms with Crippen LogP contribution in [0.15, 0.2) is 0 Å². The van der Waals surface area contributed by atoms with Crippen LogP contribution in [0.25, 0.3) is 0 Å². The molecule has 1 aromatic heterocycles. The highest BCUT2D eigenvalue weighted by Crippen LogP contribution is 1.92. The van der Waals surface area contributed by atoms with Crippen molar-refractivity contribution >= 4 is 0 Å². The second-order valence-electron chi connectivity index (χ2n) is 1.72. The first-order valence-electron chi connectivity index (χ1n) is 2.40. The minimum Gasteiger partial charge on any atom is -0.318 e. The summed E-state index contributed by atoms with van der Waals surface area (Å²) in [6.07, 6.45) is 0. The summed E-state index contributed by atoms with van der Waals surface area (Å²) in [7, 11) is 1.89. The van der Waals surface area contributed by atoms with Crippen LogP contribution < -0.4 is 0 Å². The van der Waals surface area contributed by atoms with Crippen molar-refractivity contribution in [3.8, 4) is 0 Å². The van der Waals surface area contributed by atoms with Crippen molar-refractivity contribution in [3.63, 3.8) is 0 Å². The Balaban J connectivity index is 3.19. The van der Waals surface area contributed by atoms with Crippen molar-refractivity contribution in [2.45, 2.75) is 6.92 Å². The molecule has 0 fully saturated rings. The lowest BCUT2D eigenvalue weighted by Gasteiger charge is -1.90. The van der Waals surface area contributed by atoms with Gasteiger partial charge in [0.15, 0.2) is 0 Å². The highest BCUT2D eigenvalue weighted by atomic mass is 15.3. The van der Waals surface area contributed by atoms with Crippen molar-refractivity contribution < 1.29 is 0 Å². The molecule has 0 aliphatic heterocycles. The first kappa shape index (κ1) is 5.28. The molecule has 3 heteroatoms. The van der Waals surface area contributed by atoms with Crippen molar-refractivity contribution in [2.75, 3.05) is 0 Å².